The lowest BCUT2D eigenvalue weighted by Gasteiger charge is -2.28. The highest BCUT2D eigenvalue weighted by molar-refractivity contribution is 5.86. The zero-order valence-corrected chi connectivity index (χ0v) is 40.9. The lowest BCUT2D eigenvalue weighted by molar-refractivity contribution is -0.193. The van der Waals surface area contributed by atoms with Crippen molar-refractivity contribution < 1.29 is 52.6 Å². The minimum Gasteiger partial charge on any atom is -0.444 e. The van der Waals surface area contributed by atoms with Crippen molar-refractivity contribution in [2.45, 2.75) is 142 Å². The summed E-state index contributed by atoms with van der Waals surface area (Å²) >= 11 is 0. The van der Waals surface area contributed by atoms with Gasteiger partial charge in [0.1, 0.15) is 17.2 Å². The van der Waals surface area contributed by atoms with Crippen LogP contribution >= 0.6 is 12.4 Å². The quantitative estimate of drug-likeness (QED) is 0.0760. The van der Waals surface area contributed by atoms with Crippen molar-refractivity contribution in [2.75, 3.05) is 13.1 Å². The van der Waals surface area contributed by atoms with Crippen LogP contribution in [0.5, 0.6) is 0 Å². The Kier molecular flexibility index (Phi) is 27.4. The van der Waals surface area contributed by atoms with Gasteiger partial charge < -0.3 is 29.7 Å². The molecule has 2 aliphatic heterocycles. The number of hydrogen-bond acceptors (Lipinski definition) is 14. The average Bonchev–Trinajstić information content (AvgIpc) is 4.11. The zero-order valence-electron chi connectivity index (χ0n) is 40.1. The third-order valence-electron chi connectivity index (χ3n) is 9.95. The number of amides is 3. The second-order valence-electron chi connectivity index (χ2n) is 17.7. The molecule has 6 rings (SSSR count). The molecule has 2 unspecified atom stereocenters. The van der Waals surface area contributed by atoms with Gasteiger partial charge in [0.25, 0.3) is 6.47 Å². The van der Waals surface area contributed by atoms with Crippen molar-refractivity contribution in [1.29, 1.82) is 0 Å². The SMILES string of the molecule is CC(C)(C)OC(=O)N[C@H](CCc1ccccc1)OC=O.C[C@@H]1CC(n2cccn2)CN1.C[C@@H]1CC(n2cccn2)CN1C(=O)[C@@H](CCc1ccccc1)NC(=O)OC(C)(C)C.Cl.O=C=O.O=C=O. The summed E-state index contributed by atoms with van der Waals surface area (Å²) in [6, 6.07) is 24.4. The second kappa shape index (κ2) is 31.3. The fourth-order valence-corrected chi connectivity index (χ4v) is 7.09. The van der Waals surface area contributed by atoms with E-state index in [1.165, 1.54) is 6.42 Å². The maximum absolute atomic E-state index is 13.4. The van der Waals surface area contributed by atoms with Crippen molar-refractivity contribution in [3.05, 3.63) is 109 Å². The number of nitrogens with one attached hydrogen (secondary N) is 3. The number of aromatic nitrogens is 4. The normalized spacial score (nSPS) is 17.7. The van der Waals surface area contributed by atoms with E-state index in [0.717, 1.165) is 24.1 Å². The zero-order chi connectivity index (χ0) is 49.8. The van der Waals surface area contributed by atoms with Gasteiger partial charge in [-0.05, 0) is 111 Å². The summed E-state index contributed by atoms with van der Waals surface area (Å²) in [5.41, 5.74) is 1.03. The number of ether oxygens (including phenoxy) is 3. The molecule has 2 aromatic carbocycles. The van der Waals surface area contributed by atoms with Crippen molar-refractivity contribution in [2.24, 2.45) is 0 Å². The molecule has 2 fully saturated rings. The van der Waals surface area contributed by atoms with Crippen LogP contribution in [0.3, 0.4) is 0 Å². The molecular formula is C48H67ClN8O11. The summed E-state index contributed by atoms with van der Waals surface area (Å²) in [5.74, 6) is -0.0704. The monoisotopic (exact) mass is 966 g/mol. The van der Waals surface area contributed by atoms with Crippen LogP contribution in [0, 0.1) is 0 Å². The first kappa shape index (κ1) is 59.4. The summed E-state index contributed by atoms with van der Waals surface area (Å²) in [6.45, 7) is 17.0. The molecule has 4 heterocycles. The third-order valence-corrected chi connectivity index (χ3v) is 9.95. The lowest BCUT2D eigenvalue weighted by atomic mass is 10.0. The molecule has 372 valence electrons. The summed E-state index contributed by atoms with van der Waals surface area (Å²) in [5, 5.41) is 17.3. The molecule has 19 nitrogen and oxygen atoms in total. The first-order valence-corrected chi connectivity index (χ1v) is 22.0. The van der Waals surface area contributed by atoms with E-state index in [-0.39, 0.29) is 42.7 Å². The molecular weight excluding hydrogens is 900 g/mol. The van der Waals surface area contributed by atoms with Gasteiger partial charge in [-0.2, -0.15) is 29.4 Å². The van der Waals surface area contributed by atoms with E-state index in [2.05, 4.69) is 33.1 Å². The number of carbonyl (C=O) groups is 4. The van der Waals surface area contributed by atoms with Crippen molar-refractivity contribution >= 4 is 49.3 Å². The maximum Gasteiger partial charge on any atom is 0.410 e. The van der Waals surface area contributed by atoms with E-state index in [1.54, 1.807) is 27.0 Å². The first-order chi connectivity index (χ1) is 31.8. The molecule has 0 bridgehead atoms. The highest BCUT2D eigenvalue weighted by atomic mass is 35.5. The van der Waals surface area contributed by atoms with Crippen LogP contribution in [0.1, 0.15) is 104 Å². The Hall–Kier alpha value is -6.65. The van der Waals surface area contributed by atoms with Gasteiger partial charge in [-0.25, -0.2) is 9.59 Å². The van der Waals surface area contributed by atoms with Crippen molar-refractivity contribution in [3.8, 4) is 0 Å². The Morgan fingerprint density at radius 1 is 0.735 bits per heavy atom. The molecule has 2 aromatic heterocycles. The minimum atomic E-state index is -0.692. The van der Waals surface area contributed by atoms with Gasteiger partial charge in [0.05, 0.1) is 12.1 Å². The van der Waals surface area contributed by atoms with Gasteiger partial charge in [0.2, 0.25) is 5.91 Å². The van der Waals surface area contributed by atoms with Crippen molar-refractivity contribution in [3.63, 3.8) is 0 Å². The minimum absolute atomic E-state index is 0. The highest BCUT2D eigenvalue weighted by Crippen LogP contribution is 2.28. The second-order valence-corrected chi connectivity index (χ2v) is 17.7. The van der Waals surface area contributed by atoms with Crippen LogP contribution in [0.15, 0.2) is 97.6 Å². The number of aryl methyl sites for hydroxylation is 2. The van der Waals surface area contributed by atoms with E-state index >= 15 is 0 Å². The van der Waals surface area contributed by atoms with Crippen LogP contribution in [0.4, 0.5) is 9.59 Å². The summed E-state index contributed by atoms with van der Waals surface area (Å²) in [4.78, 5) is 82.3. The summed E-state index contributed by atoms with van der Waals surface area (Å²) < 4.78 is 19.3. The number of nitrogens with zero attached hydrogens (tertiary/aromatic N) is 5. The molecule has 3 amide bonds. The van der Waals surface area contributed by atoms with Gasteiger partial charge in [-0.3, -0.25) is 24.3 Å². The standard InChI is InChI=1S/C23H32N4O3.C15H21NO4.C8H13N3.2CO2.ClH/c1-17-15-19(27-14-8-13-24-27)16-26(17)21(28)20(25-22(29)30-23(2,3)4)12-11-18-9-6-5-7-10-18;1-15(2,3)20-14(18)16-13(19-11-17)10-9-12-7-5-4-6-8-12;1-7-5-8(6-9-7)11-4-2-3-10-11;2*2-1-3;/h5-10,13-14,17,19-20H,11-12,15-16H2,1-4H3,(H,25,29);4-8,11,13H,9-10H2,1-3H3,(H,16,18);2-4,7-9H,5-6H2,1H3;;;1H/t17-,19?,20-;13-;7-,8?;;;/m101.../s1. The van der Waals surface area contributed by atoms with Crippen LogP contribution in [0.2, 0.25) is 0 Å². The average molecular weight is 968 g/mol. The maximum atomic E-state index is 13.4. The summed E-state index contributed by atoms with van der Waals surface area (Å²) in [7, 11) is 0. The molecule has 4 aromatic rings. The number of likely N-dealkylation sites (tertiary alicyclic amines) is 1. The van der Waals surface area contributed by atoms with Crippen LogP contribution in [-0.4, -0.2) is 110 Å². The van der Waals surface area contributed by atoms with Crippen LogP contribution < -0.4 is 16.0 Å². The van der Waals surface area contributed by atoms with Crippen molar-refractivity contribution in [1.82, 2.24) is 40.4 Å². The van der Waals surface area contributed by atoms with Crippen LogP contribution in [0.25, 0.3) is 0 Å². The summed E-state index contributed by atoms with van der Waals surface area (Å²) in [6.07, 6.45) is 10.6. The number of rotatable bonds is 13. The van der Waals surface area contributed by atoms with E-state index in [1.807, 2.05) is 133 Å². The topological polar surface area (TPSA) is 239 Å². The number of carbonyl (C=O) groups excluding carboxylic acids is 8. The van der Waals surface area contributed by atoms with E-state index < -0.39 is 35.7 Å². The molecule has 0 saturated carbocycles. The number of hydrogen-bond donors (Lipinski definition) is 3. The lowest BCUT2D eigenvalue weighted by Crippen LogP contribution is -2.50. The molecule has 0 radical (unpaired) electrons. The fraction of sp³-hybridized carbons (Fsp3) is 0.500. The Labute approximate surface area is 404 Å². The molecule has 68 heavy (non-hydrogen) atoms. The Balaban J connectivity index is 0.000000520. The molecule has 0 spiro atoms. The van der Waals surface area contributed by atoms with E-state index in [9.17, 15) is 19.2 Å². The smallest absolute Gasteiger partial charge is 0.410 e. The number of benzene rings is 2. The van der Waals surface area contributed by atoms with Gasteiger partial charge in [-0.15, -0.1) is 12.4 Å². The van der Waals surface area contributed by atoms with Crippen LogP contribution in [-0.2, 0) is 55.8 Å². The van der Waals surface area contributed by atoms with Gasteiger partial charge in [-0.1, -0.05) is 60.7 Å². The van der Waals surface area contributed by atoms with Gasteiger partial charge >= 0.3 is 24.5 Å². The van der Waals surface area contributed by atoms with Gasteiger partial charge in [0.15, 0.2) is 6.23 Å². The molecule has 6 atom stereocenters. The van der Waals surface area contributed by atoms with E-state index in [4.69, 9.17) is 33.4 Å². The Bertz CT molecular complexity index is 2070. The highest BCUT2D eigenvalue weighted by Gasteiger charge is 2.37. The van der Waals surface area contributed by atoms with E-state index in [0.29, 0.717) is 50.8 Å². The first-order valence-electron chi connectivity index (χ1n) is 22.0. The molecule has 0 aliphatic carbocycles. The number of halogens is 1. The van der Waals surface area contributed by atoms with Gasteiger partial charge in [0, 0.05) is 56.4 Å². The fourth-order valence-electron chi connectivity index (χ4n) is 7.09. The molecule has 2 saturated heterocycles. The predicted octanol–water partition coefficient (Wildman–Crippen LogP) is 6.27. The predicted molar refractivity (Wildman–Crippen MR) is 251 cm³/mol. The Morgan fingerprint density at radius 2 is 1.21 bits per heavy atom. The molecule has 20 heteroatoms. The molecule has 3 N–H and O–H groups in total. The largest absolute Gasteiger partial charge is 0.444 e. The Morgan fingerprint density at radius 3 is 1.63 bits per heavy atom. The number of alkyl carbamates (subject to hydrolysis) is 2. The molecule has 2 aliphatic rings. The third kappa shape index (κ3) is 24.2.